The highest BCUT2D eigenvalue weighted by atomic mass is 19.4. The van der Waals surface area contributed by atoms with Gasteiger partial charge in [-0.3, -0.25) is 4.98 Å². The fourth-order valence-electron chi connectivity index (χ4n) is 1.57. The standard InChI is InChI=1S/C12H11F3N2O/c1-2-18-17-8-9(7-11(17)12(13,14)15)10-5-3-4-6-16-10/h3-8H,2H2,1H3. The third kappa shape index (κ3) is 2.47. The summed E-state index contributed by atoms with van der Waals surface area (Å²) in [7, 11) is 0. The van der Waals surface area contributed by atoms with Crippen molar-refractivity contribution in [3.05, 3.63) is 42.4 Å². The molecule has 0 spiro atoms. The Hall–Kier alpha value is -1.98. The largest absolute Gasteiger partial charge is 0.434 e. The Labute approximate surface area is 102 Å². The van der Waals surface area contributed by atoms with E-state index in [4.69, 9.17) is 4.84 Å². The topological polar surface area (TPSA) is 27.1 Å². The van der Waals surface area contributed by atoms with E-state index in [1.807, 2.05) is 0 Å². The normalized spacial score (nSPS) is 11.6. The minimum absolute atomic E-state index is 0.152. The highest BCUT2D eigenvalue weighted by molar-refractivity contribution is 5.59. The van der Waals surface area contributed by atoms with Crippen molar-refractivity contribution < 1.29 is 18.0 Å². The number of hydrogen-bond acceptors (Lipinski definition) is 2. The first-order valence-corrected chi connectivity index (χ1v) is 5.36. The fourth-order valence-corrected chi connectivity index (χ4v) is 1.57. The van der Waals surface area contributed by atoms with E-state index in [1.54, 1.807) is 25.1 Å². The molecule has 0 bridgehead atoms. The molecule has 0 aliphatic carbocycles. The van der Waals surface area contributed by atoms with Crippen LogP contribution in [0.15, 0.2) is 36.7 Å². The second-order valence-electron chi connectivity index (χ2n) is 3.57. The quantitative estimate of drug-likeness (QED) is 0.844. The van der Waals surface area contributed by atoms with Gasteiger partial charge in [0.2, 0.25) is 0 Å². The predicted octanol–water partition coefficient (Wildman–Crippen LogP) is 3.02. The molecule has 0 amide bonds. The van der Waals surface area contributed by atoms with Gasteiger partial charge in [0.05, 0.1) is 11.9 Å². The molecular weight excluding hydrogens is 245 g/mol. The maximum atomic E-state index is 12.8. The van der Waals surface area contributed by atoms with E-state index in [0.717, 1.165) is 10.8 Å². The van der Waals surface area contributed by atoms with Crippen LogP contribution < -0.4 is 4.84 Å². The van der Waals surface area contributed by atoms with Crippen LogP contribution >= 0.6 is 0 Å². The zero-order chi connectivity index (χ0) is 13.2. The third-order valence-corrected chi connectivity index (χ3v) is 2.31. The molecule has 6 heteroatoms. The van der Waals surface area contributed by atoms with Crippen LogP contribution in [-0.4, -0.2) is 16.3 Å². The van der Waals surface area contributed by atoms with E-state index >= 15 is 0 Å². The first-order valence-electron chi connectivity index (χ1n) is 5.36. The third-order valence-electron chi connectivity index (χ3n) is 2.31. The second-order valence-corrected chi connectivity index (χ2v) is 3.57. The summed E-state index contributed by atoms with van der Waals surface area (Å²) < 4.78 is 39.1. The Morgan fingerprint density at radius 3 is 2.67 bits per heavy atom. The molecule has 0 fully saturated rings. The van der Waals surface area contributed by atoms with E-state index in [0.29, 0.717) is 11.3 Å². The van der Waals surface area contributed by atoms with E-state index in [2.05, 4.69) is 4.98 Å². The first-order chi connectivity index (χ1) is 8.52. The van der Waals surface area contributed by atoms with E-state index in [-0.39, 0.29) is 6.61 Å². The van der Waals surface area contributed by atoms with Crippen LogP contribution in [0.1, 0.15) is 12.6 Å². The average Bonchev–Trinajstić information content (AvgIpc) is 2.75. The van der Waals surface area contributed by atoms with Crippen molar-refractivity contribution >= 4 is 0 Å². The van der Waals surface area contributed by atoms with Crippen LogP contribution in [0.3, 0.4) is 0 Å². The first kappa shape index (κ1) is 12.5. The zero-order valence-electron chi connectivity index (χ0n) is 9.61. The van der Waals surface area contributed by atoms with E-state index < -0.39 is 11.9 Å². The molecule has 0 aliphatic rings. The van der Waals surface area contributed by atoms with Gasteiger partial charge in [-0.1, -0.05) is 6.07 Å². The van der Waals surface area contributed by atoms with Gasteiger partial charge in [-0.15, -0.1) is 0 Å². The Bertz CT molecular complexity index is 520. The van der Waals surface area contributed by atoms with Crippen molar-refractivity contribution in [2.24, 2.45) is 0 Å². The van der Waals surface area contributed by atoms with Gasteiger partial charge in [0, 0.05) is 11.8 Å². The lowest BCUT2D eigenvalue weighted by molar-refractivity contribution is -0.151. The van der Waals surface area contributed by atoms with Crippen molar-refractivity contribution in [1.29, 1.82) is 0 Å². The summed E-state index contributed by atoms with van der Waals surface area (Å²) in [5.74, 6) is 0. The van der Waals surface area contributed by atoms with Crippen LogP contribution in [0.4, 0.5) is 13.2 Å². The van der Waals surface area contributed by atoms with Gasteiger partial charge in [-0.25, -0.2) is 0 Å². The maximum absolute atomic E-state index is 12.8. The van der Waals surface area contributed by atoms with Gasteiger partial charge in [-0.2, -0.15) is 17.9 Å². The smallest absolute Gasteiger partial charge is 0.414 e. The van der Waals surface area contributed by atoms with Gasteiger partial charge < -0.3 is 4.84 Å². The fraction of sp³-hybridized carbons (Fsp3) is 0.250. The van der Waals surface area contributed by atoms with Crippen molar-refractivity contribution in [2.75, 3.05) is 6.61 Å². The molecule has 0 N–H and O–H groups in total. The summed E-state index contributed by atoms with van der Waals surface area (Å²) >= 11 is 0. The van der Waals surface area contributed by atoms with E-state index in [9.17, 15) is 13.2 Å². The SMILES string of the molecule is CCOn1cc(-c2ccccn2)cc1C(F)(F)F. The molecule has 0 atom stereocenters. The number of nitrogens with zero attached hydrogens (tertiary/aromatic N) is 2. The molecule has 0 saturated heterocycles. The average molecular weight is 256 g/mol. The Balaban J connectivity index is 2.46. The Morgan fingerprint density at radius 2 is 2.11 bits per heavy atom. The summed E-state index contributed by atoms with van der Waals surface area (Å²) in [5.41, 5.74) is 0.00262. The molecule has 2 heterocycles. The van der Waals surface area contributed by atoms with Crippen LogP contribution in [-0.2, 0) is 6.18 Å². The van der Waals surface area contributed by atoms with Crippen LogP contribution in [0.2, 0.25) is 0 Å². The lowest BCUT2D eigenvalue weighted by Crippen LogP contribution is -2.18. The van der Waals surface area contributed by atoms with Gasteiger partial charge >= 0.3 is 6.18 Å². The molecule has 18 heavy (non-hydrogen) atoms. The highest BCUT2D eigenvalue weighted by Crippen LogP contribution is 2.32. The van der Waals surface area contributed by atoms with Gasteiger partial charge in [0.25, 0.3) is 0 Å². The monoisotopic (exact) mass is 256 g/mol. The molecule has 0 unspecified atom stereocenters. The molecular formula is C12H11F3N2O. The lowest BCUT2D eigenvalue weighted by Gasteiger charge is -2.10. The summed E-state index contributed by atoms with van der Waals surface area (Å²) in [4.78, 5) is 8.94. The number of aromatic nitrogens is 2. The molecule has 0 aliphatic heterocycles. The van der Waals surface area contributed by atoms with Crippen molar-refractivity contribution in [3.8, 4) is 11.3 Å². The molecule has 2 rings (SSSR count). The maximum Gasteiger partial charge on any atom is 0.434 e. The number of alkyl halides is 3. The second kappa shape index (κ2) is 4.72. The minimum Gasteiger partial charge on any atom is -0.414 e. The van der Waals surface area contributed by atoms with Gasteiger partial charge in [0.15, 0.2) is 5.69 Å². The highest BCUT2D eigenvalue weighted by Gasteiger charge is 2.36. The lowest BCUT2D eigenvalue weighted by atomic mass is 10.2. The predicted molar refractivity (Wildman–Crippen MR) is 59.8 cm³/mol. The molecule has 0 radical (unpaired) electrons. The summed E-state index contributed by atoms with van der Waals surface area (Å²) in [6.45, 7) is 1.78. The summed E-state index contributed by atoms with van der Waals surface area (Å²) in [6.07, 6.45) is -1.64. The van der Waals surface area contributed by atoms with Crippen LogP contribution in [0.5, 0.6) is 0 Å². The Morgan fingerprint density at radius 1 is 1.33 bits per heavy atom. The number of hydrogen-bond donors (Lipinski definition) is 0. The Kier molecular flexibility index (Phi) is 3.27. The molecule has 2 aromatic rings. The molecule has 2 aromatic heterocycles. The number of rotatable bonds is 3. The van der Waals surface area contributed by atoms with Crippen molar-refractivity contribution in [2.45, 2.75) is 13.1 Å². The number of halogens is 3. The van der Waals surface area contributed by atoms with Crippen LogP contribution in [0.25, 0.3) is 11.3 Å². The summed E-state index contributed by atoms with van der Waals surface area (Å²) in [6, 6.07) is 6.09. The molecule has 3 nitrogen and oxygen atoms in total. The van der Waals surface area contributed by atoms with Crippen LogP contribution in [0, 0.1) is 0 Å². The molecule has 96 valence electrons. The van der Waals surface area contributed by atoms with Gasteiger partial charge in [-0.05, 0) is 25.1 Å². The zero-order valence-corrected chi connectivity index (χ0v) is 9.61. The number of pyridine rings is 1. The molecule has 0 saturated carbocycles. The van der Waals surface area contributed by atoms with Crippen molar-refractivity contribution in [1.82, 2.24) is 9.71 Å². The van der Waals surface area contributed by atoms with Crippen molar-refractivity contribution in [3.63, 3.8) is 0 Å². The summed E-state index contributed by atoms with van der Waals surface area (Å²) in [5, 5.41) is 0. The molecule has 0 aromatic carbocycles. The minimum atomic E-state index is -4.46. The van der Waals surface area contributed by atoms with Gasteiger partial charge in [0.1, 0.15) is 6.61 Å². The van der Waals surface area contributed by atoms with E-state index in [1.165, 1.54) is 12.4 Å².